The minimum Gasteiger partial charge on any atom is -0.481 e. The van der Waals surface area contributed by atoms with Gasteiger partial charge in [-0.3, -0.25) is 62.3 Å². The van der Waals surface area contributed by atoms with Crippen molar-refractivity contribution >= 4 is 135 Å². The van der Waals surface area contributed by atoms with Gasteiger partial charge in [-0.25, -0.2) is 9.59 Å². The number of nitrogens with one attached hydrogen (secondary N) is 9. The van der Waals surface area contributed by atoms with Gasteiger partial charge in [0.1, 0.15) is 48.9 Å². The summed E-state index contributed by atoms with van der Waals surface area (Å²) in [5, 5.41) is 31.8. The Morgan fingerprint density at radius 3 is 1.75 bits per heavy atom. The highest BCUT2D eigenvalue weighted by Crippen LogP contribution is 2.44. The average Bonchev–Trinajstić information content (AvgIpc) is 1.62. The number of likely N-dealkylation sites (tertiary alicyclic amines) is 1. The van der Waals surface area contributed by atoms with Gasteiger partial charge in [-0.05, 0) is 65.6 Å². The van der Waals surface area contributed by atoms with E-state index >= 15 is 0 Å². The highest BCUT2D eigenvalue weighted by molar-refractivity contribution is 8.13. The van der Waals surface area contributed by atoms with Gasteiger partial charge in [0, 0.05) is 61.1 Å². The normalized spacial score (nSPS) is 14.9. The molecule has 0 spiro atoms. The molecule has 1 saturated heterocycles. The summed E-state index contributed by atoms with van der Waals surface area (Å²) < 4.78 is 11.0. The molecule has 1 aliphatic heterocycles. The molecular weight excluding hydrogens is 1410 g/mol. The number of Topliss-reactive ketones (excluding diaryl/α,β-unsaturated/α-hetero) is 1. The molecule has 8 atom stereocenters. The van der Waals surface area contributed by atoms with Gasteiger partial charge in [-0.15, -0.1) is 35.3 Å². The lowest BCUT2D eigenvalue weighted by Crippen LogP contribution is -2.61. The van der Waals surface area contributed by atoms with Crippen molar-refractivity contribution in [3.63, 3.8) is 0 Å². The van der Waals surface area contributed by atoms with Crippen molar-refractivity contribution in [1.82, 2.24) is 57.7 Å². The number of primary amides is 1. The van der Waals surface area contributed by atoms with Crippen LogP contribution in [0.4, 0.5) is 9.59 Å². The highest BCUT2D eigenvalue weighted by Gasteiger charge is 2.41. The average molecular weight is 1500 g/mol. The standard InChI is InChI=1S/C69H86N12O18S4/c1-7-39(2)60(79-68(96)98-31-50-48-20-13-11-18-46(48)47-19-12-14-21-49(47)50)66(94)78-53(34-101-37-73-42(5)83)64(92)77-54(35-102-38-80(6)69(97)99-32-56(84)44-16-9-8-10-17-44)63(91)75-51(29-57(70)85)67(95)81-27-15-22-55(81)65(93)74-40(3)61(89)76-52(33-100-36-72-41(4)82)62(90)71-30-59(88)103-45-25-23-43(24-26-45)28-58(86)87/h8-14,16-21,23-26,39-40,50-55,60H,7,15,22,27-38H2,1-6H3,(H2,70,85)(H,71,90)(H,72,82)(H,73,83)(H,74,93)(H,75,91)(H,76,89)(H,77,92)(H,78,94)(H,79,96)(H,86,87)/t39-,40-,51-,52-,53-,54-,55-,60-/m0/s1. The van der Waals surface area contributed by atoms with Crippen molar-refractivity contribution in [1.29, 1.82) is 0 Å². The molecule has 554 valence electrons. The fraction of sp³-hybridized carbons (Fsp3) is 0.435. The Balaban J connectivity index is 1.17. The van der Waals surface area contributed by atoms with Crippen LogP contribution >= 0.6 is 47.0 Å². The fourth-order valence-electron chi connectivity index (χ4n) is 10.7. The van der Waals surface area contributed by atoms with E-state index in [9.17, 15) is 71.9 Å². The van der Waals surface area contributed by atoms with Gasteiger partial charge in [0.2, 0.25) is 64.2 Å². The second-order valence-corrected chi connectivity index (χ2v) is 28.3. The zero-order valence-corrected chi connectivity index (χ0v) is 60.9. The SMILES string of the molecule is CC[C@H](C)[C@H](NC(=O)OCC1c2ccccc2-c2ccccc21)C(=O)N[C@@H](CSCNC(C)=O)C(=O)N[C@@H](CSCN(C)C(=O)OCC(=O)c1ccccc1)C(=O)N[C@@H](CC(N)=O)C(=O)N1CCC[C@H]1C(=O)N[C@@H](C)C(=O)N[C@@H](CSCNC(C)=O)C(=O)NCC(=O)Sc1ccc(CC(=O)O)cc1. The van der Waals surface area contributed by atoms with Gasteiger partial charge >= 0.3 is 18.2 Å². The van der Waals surface area contributed by atoms with E-state index in [1.807, 2.05) is 48.5 Å². The number of carboxylic acid groups (broad SMARTS) is 1. The van der Waals surface area contributed by atoms with Crippen LogP contribution in [-0.4, -0.2) is 214 Å². The van der Waals surface area contributed by atoms with Crippen molar-refractivity contribution in [2.24, 2.45) is 11.7 Å². The molecule has 1 heterocycles. The smallest absolute Gasteiger partial charge is 0.410 e. The molecule has 30 nitrogen and oxygen atoms in total. The monoisotopic (exact) mass is 1500 g/mol. The third-order valence-corrected chi connectivity index (χ3v) is 20.1. The molecule has 34 heteroatoms. The molecule has 6 rings (SSSR count). The number of aliphatic carboxylic acids is 1. The molecule has 1 aliphatic carbocycles. The Hall–Kier alpha value is -9.67. The molecule has 4 aromatic rings. The minimum atomic E-state index is -1.80. The molecule has 103 heavy (non-hydrogen) atoms. The van der Waals surface area contributed by atoms with Gasteiger partial charge in [0.05, 0.1) is 37.0 Å². The lowest BCUT2D eigenvalue weighted by molar-refractivity contribution is -0.143. The molecule has 12 amide bonds. The Morgan fingerprint density at radius 2 is 1.17 bits per heavy atom. The van der Waals surface area contributed by atoms with Crippen LogP contribution in [0.3, 0.4) is 0 Å². The lowest BCUT2D eigenvalue weighted by atomic mass is 9.98. The molecular formula is C69H86N12O18S4. The number of carbonyl (C=O) groups is 15. The second-order valence-electron chi connectivity index (χ2n) is 24.1. The summed E-state index contributed by atoms with van der Waals surface area (Å²) in [5.74, 6) is -11.5. The number of alkyl carbamates (subject to hydrolysis) is 1. The van der Waals surface area contributed by atoms with Crippen LogP contribution in [0.25, 0.3) is 11.1 Å². The van der Waals surface area contributed by atoms with Gasteiger partial charge < -0.3 is 78.0 Å². The maximum Gasteiger partial charge on any atom is 0.410 e. The zero-order chi connectivity index (χ0) is 75.3. The summed E-state index contributed by atoms with van der Waals surface area (Å²) in [4.78, 5) is 203. The number of amides is 12. The third-order valence-electron chi connectivity index (χ3n) is 16.3. The number of hydrogen-bond donors (Lipinski definition) is 11. The topological polar surface area (TPSA) is 436 Å². The van der Waals surface area contributed by atoms with E-state index in [1.54, 1.807) is 68.4 Å². The first kappa shape index (κ1) is 82.3. The number of ether oxygens (including phenoxy) is 2. The van der Waals surface area contributed by atoms with Crippen molar-refractivity contribution in [2.75, 3.05) is 68.2 Å². The van der Waals surface area contributed by atoms with Crippen molar-refractivity contribution < 1.29 is 86.5 Å². The predicted molar refractivity (Wildman–Crippen MR) is 386 cm³/mol. The largest absolute Gasteiger partial charge is 0.481 e. The lowest BCUT2D eigenvalue weighted by Gasteiger charge is -2.30. The zero-order valence-electron chi connectivity index (χ0n) is 57.6. The molecule has 0 radical (unpaired) electrons. The Bertz CT molecular complexity index is 3680. The molecule has 4 aromatic carbocycles. The molecule has 2 aliphatic rings. The molecule has 0 bridgehead atoms. The van der Waals surface area contributed by atoms with Crippen LogP contribution in [-0.2, 0) is 73.4 Å². The van der Waals surface area contributed by atoms with Crippen LogP contribution < -0.4 is 53.6 Å². The number of rotatable bonds is 39. The summed E-state index contributed by atoms with van der Waals surface area (Å²) in [7, 11) is 1.34. The summed E-state index contributed by atoms with van der Waals surface area (Å²) in [6, 6.07) is 19.5. The van der Waals surface area contributed by atoms with E-state index in [0.29, 0.717) is 22.4 Å². The highest BCUT2D eigenvalue weighted by atomic mass is 32.2. The van der Waals surface area contributed by atoms with E-state index in [1.165, 1.54) is 27.8 Å². The number of nitrogens with two attached hydrogens (primary N) is 1. The summed E-state index contributed by atoms with van der Waals surface area (Å²) in [5.41, 5.74) is 10.4. The predicted octanol–water partition coefficient (Wildman–Crippen LogP) is 2.61. The van der Waals surface area contributed by atoms with Crippen LogP contribution in [0.5, 0.6) is 0 Å². The minimum absolute atomic E-state index is 0.0321. The maximum absolute atomic E-state index is 14.8. The quantitative estimate of drug-likeness (QED) is 0.0132. The number of benzene rings is 4. The van der Waals surface area contributed by atoms with Crippen LogP contribution in [0.2, 0.25) is 0 Å². The van der Waals surface area contributed by atoms with Crippen molar-refractivity contribution in [3.05, 3.63) is 125 Å². The summed E-state index contributed by atoms with van der Waals surface area (Å²) >= 11 is 3.76. The fourth-order valence-corrected chi connectivity index (χ4v) is 14.1. The van der Waals surface area contributed by atoms with Crippen molar-refractivity contribution in [3.8, 4) is 11.1 Å². The van der Waals surface area contributed by atoms with E-state index in [2.05, 4.69) is 47.9 Å². The number of ketones is 1. The Labute approximate surface area is 612 Å². The van der Waals surface area contributed by atoms with Gasteiger partial charge in [-0.2, -0.15) is 0 Å². The first-order valence-electron chi connectivity index (χ1n) is 32.8. The number of fused-ring (bicyclic) bond motifs is 3. The number of carbonyl (C=O) groups excluding carboxylic acids is 14. The molecule has 12 N–H and O–H groups in total. The third kappa shape index (κ3) is 26.3. The molecule has 1 fully saturated rings. The molecule has 0 unspecified atom stereocenters. The van der Waals surface area contributed by atoms with E-state index in [0.717, 1.165) is 79.1 Å². The van der Waals surface area contributed by atoms with Gasteiger partial charge in [0.15, 0.2) is 12.4 Å². The number of nitrogens with zero attached hydrogens (tertiary/aromatic N) is 2. The molecule has 0 aromatic heterocycles. The second kappa shape index (κ2) is 41.4. The first-order valence-corrected chi connectivity index (χ1v) is 37.1. The van der Waals surface area contributed by atoms with Gasteiger partial charge in [-0.1, -0.05) is 123 Å². The Kier molecular flexibility index (Phi) is 33.1. The number of carboxylic acids is 1. The number of thioether (sulfide) groups is 4. The summed E-state index contributed by atoms with van der Waals surface area (Å²) in [6.45, 7) is 6.08. The van der Waals surface area contributed by atoms with E-state index in [-0.39, 0.29) is 79.1 Å². The molecule has 0 saturated carbocycles. The van der Waals surface area contributed by atoms with Gasteiger partial charge in [0.25, 0.3) is 0 Å². The number of hydrogen-bond acceptors (Lipinski definition) is 21. The Morgan fingerprint density at radius 1 is 0.631 bits per heavy atom. The first-order chi connectivity index (χ1) is 49.1. The van der Waals surface area contributed by atoms with E-state index < -0.39 is 150 Å². The van der Waals surface area contributed by atoms with Crippen molar-refractivity contribution in [2.45, 2.75) is 120 Å². The van der Waals surface area contributed by atoms with Crippen LogP contribution in [0.15, 0.2) is 108 Å². The van der Waals surface area contributed by atoms with E-state index in [4.69, 9.17) is 20.3 Å². The maximum atomic E-state index is 14.8. The summed E-state index contributed by atoms with van der Waals surface area (Å²) in [6.07, 6.45) is -2.29. The van der Waals surface area contributed by atoms with Crippen LogP contribution in [0, 0.1) is 5.92 Å². The van der Waals surface area contributed by atoms with Crippen LogP contribution in [0.1, 0.15) is 93.3 Å².